The lowest BCUT2D eigenvalue weighted by atomic mass is 10.1. The monoisotopic (exact) mass is 278 g/mol. The third kappa shape index (κ3) is 3.32. The van der Waals surface area contributed by atoms with Crippen LogP contribution in [0.1, 0.15) is 22.8 Å². The van der Waals surface area contributed by atoms with Gasteiger partial charge in [-0.1, -0.05) is 41.9 Å². The van der Waals surface area contributed by atoms with Gasteiger partial charge in [0.1, 0.15) is 18.2 Å². The van der Waals surface area contributed by atoms with E-state index >= 15 is 0 Å². The molecule has 2 aromatic carbocycles. The molecule has 0 spiro atoms. The smallest absolute Gasteiger partial charge is 0.164 e. The summed E-state index contributed by atoms with van der Waals surface area (Å²) in [6, 6.07) is 12.1. The number of carbonyl (C=O) groups is 1. The number of Topliss-reactive ketones (excluding diaryl/α,β-unsaturated/α-hetero) is 1. The maximum absolute atomic E-state index is 13.7. The van der Waals surface area contributed by atoms with Crippen molar-refractivity contribution in [2.45, 2.75) is 13.5 Å². The Kier molecular flexibility index (Phi) is 4.17. The van der Waals surface area contributed by atoms with E-state index in [1.165, 1.54) is 19.1 Å². The van der Waals surface area contributed by atoms with Gasteiger partial charge in [-0.2, -0.15) is 0 Å². The van der Waals surface area contributed by atoms with E-state index in [2.05, 4.69) is 0 Å². The number of hydrogen-bond acceptors (Lipinski definition) is 2. The number of ether oxygens (including phenoxy) is 1. The normalized spacial score (nSPS) is 10.3. The third-order valence-corrected chi connectivity index (χ3v) is 2.91. The molecule has 4 heteroatoms. The van der Waals surface area contributed by atoms with Crippen molar-refractivity contribution in [3.8, 4) is 5.75 Å². The fraction of sp³-hybridized carbons (Fsp3) is 0.133. The lowest BCUT2D eigenvalue weighted by Crippen LogP contribution is -2.01. The predicted octanol–water partition coefficient (Wildman–Crippen LogP) is 4.26. The van der Waals surface area contributed by atoms with Crippen LogP contribution < -0.4 is 4.74 Å². The minimum absolute atomic E-state index is 0.0653. The number of benzene rings is 2. The molecule has 0 fully saturated rings. The second-order valence-corrected chi connectivity index (χ2v) is 4.50. The number of carbonyl (C=O) groups excluding carboxylic acids is 1. The number of rotatable bonds is 4. The Bertz CT molecular complexity index is 573. The third-order valence-electron chi connectivity index (χ3n) is 2.62. The van der Waals surface area contributed by atoms with Crippen molar-refractivity contribution in [3.05, 3.63) is 64.4 Å². The molecule has 19 heavy (non-hydrogen) atoms. The van der Waals surface area contributed by atoms with Crippen LogP contribution in [0.15, 0.2) is 42.5 Å². The van der Waals surface area contributed by atoms with Gasteiger partial charge in [0.25, 0.3) is 0 Å². The Morgan fingerprint density at radius 1 is 1.26 bits per heavy atom. The highest BCUT2D eigenvalue weighted by molar-refractivity contribution is 6.34. The first-order valence-corrected chi connectivity index (χ1v) is 6.12. The highest BCUT2D eigenvalue weighted by atomic mass is 35.5. The van der Waals surface area contributed by atoms with Gasteiger partial charge in [0.2, 0.25) is 0 Å². The molecular formula is C15H12ClFO2. The first-order chi connectivity index (χ1) is 9.08. The summed E-state index contributed by atoms with van der Waals surface area (Å²) in [5.41, 5.74) is 0.864. The lowest BCUT2D eigenvalue weighted by Gasteiger charge is -2.09. The number of halogens is 2. The summed E-state index contributed by atoms with van der Waals surface area (Å²) in [5, 5.41) is 0.0653. The Labute approximate surface area is 115 Å². The van der Waals surface area contributed by atoms with E-state index in [0.717, 1.165) is 5.56 Å². The highest BCUT2D eigenvalue weighted by Gasteiger charge is 2.14. The van der Waals surface area contributed by atoms with Crippen molar-refractivity contribution in [2.24, 2.45) is 0 Å². The van der Waals surface area contributed by atoms with Gasteiger partial charge in [-0.25, -0.2) is 4.39 Å². The molecule has 0 aromatic heterocycles. The van der Waals surface area contributed by atoms with Crippen molar-refractivity contribution in [2.75, 3.05) is 0 Å². The quantitative estimate of drug-likeness (QED) is 0.781. The summed E-state index contributed by atoms with van der Waals surface area (Å²) in [7, 11) is 0. The highest BCUT2D eigenvalue weighted by Crippen LogP contribution is 2.26. The zero-order chi connectivity index (χ0) is 13.8. The molecule has 0 heterocycles. The van der Waals surface area contributed by atoms with Crippen molar-refractivity contribution in [3.63, 3.8) is 0 Å². The van der Waals surface area contributed by atoms with Crippen LogP contribution in [0.2, 0.25) is 5.02 Å². The van der Waals surface area contributed by atoms with Crippen LogP contribution >= 0.6 is 11.6 Å². The zero-order valence-corrected chi connectivity index (χ0v) is 11.1. The Morgan fingerprint density at radius 2 is 1.95 bits per heavy atom. The van der Waals surface area contributed by atoms with Crippen molar-refractivity contribution in [1.82, 2.24) is 0 Å². The molecule has 0 amide bonds. The van der Waals surface area contributed by atoms with E-state index in [1.54, 1.807) is 0 Å². The van der Waals surface area contributed by atoms with Crippen LogP contribution in [0.4, 0.5) is 4.39 Å². The Hall–Kier alpha value is -1.87. The summed E-state index contributed by atoms with van der Waals surface area (Å²) >= 11 is 5.87. The summed E-state index contributed by atoms with van der Waals surface area (Å²) in [6.07, 6.45) is 0. The van der Waals surface area contributed by atoms with Gasteiger partial charge in [-0.15, -0.1) is 0 Å². The summed E-state index contributed by atoms with van der Waals surface area (Å²) < 4.78 is 19.2. The van der Waals surface area contributed by atoms with Gasteiger partial charge < -0.3 is 4.74 Å². The molecule has 0 saturated heterocycles. The Morgan fingerprint density at radius 3 is 2.53 bits per heavy atom. The Balaban J connectivity index is 2.16. The largest absolute Gasteiger partial charge is 0.489 e. The van der Waals surface area contributed by atoms with Gasteiger partial charge in [-0.3, -0.25) is 4.79 Å². The number of hydrogen-bond donors (Lipinski definition) is 0. The van der Waals surface area contributed by atoms with Crippen LogP contribution in [0.5, 0.6) is 5.75 Å². The molecule has 0 N–H and O–H groups in total. The number of ketones is 1. The van der Waals surface area contributed by atoms with E-state index in [0.29, 0.717) is 12.4 Å². The molecule has 0 bridgehead atoms. The van der Waals surface area contributed by atoms with E-state index in [9.17, 15) is 9.18 Å². The molecule has 2 rings (SSSR count). The molecule has 0 unspecified atom stereocenters. The average molecular weight is 279 g/mol. The molecule has 98 valence electrons. The van der Waals surface area contributed by atoms with Crippen molar-refractivity contribution < 1.29 is 13.9 Å². The molecule has 2 nitrogen and oxygen atoms in total. The maximum atomic E-state index is 13.7. The molecule has 0 aliphatic carbocycles. The zero-order valence-electron chi connectivity index (χ0n) is 10.3. The van der Waals surface area contributed by atoms with Gasteiger partial charge in [0.05, 0.1) is 10.6 Å². The summed E-state index contributed by atoms with van der Waals surface area (Å²) in [5.74, 6) is -0.767. The topological polar surface area (TPSA) is 26.3 Å². The second kappa shape index (κ2) is 5.85. The van der Waals surface area contributed by atoms with Gasteiger partial charge in [-0.05, 0) is 18.6 Å². The molecular weight excluding hydrogens is 267 g/mol. The van der Waals surface area contributed by atoms with E-state index < -0.39 is 11.6 Å². The molecule has 0 atom stereocenters. The van der Waals surface area contributed by atoms with Crippen LogP contribution in [0.25, 0.3) is 0 Å². The van der Waals surface area contributed by atoms with Gasteiger partial charge >= 0.3 is 0 Å². The van der Waals surface area contributed by atoms with Crippen LogP contribution in [0, 0.1) is 5.82 Å². The van der Waals surface area contributed by atoms with Crippen molar-refractivity contribution in [1.29, 1.82) is 0 Å². The van der Waals surface area contributed by atoms with E-state index in [-0.39, 0.29) is 10.6 Å². The van der Waals surface area contributed by atoms with Crippen LogP contribution in [0.3, 0.4) is 0 Å². The fourth-order valence-electron chi connectivity index (χ4n) is 1.71. The van der Waals surface area contributed by atoms with Gasteiger partial charge in [0, 0.05) is 6.07 Å². The standard InChI is InChI=1S/C15H12ClFO2/c1-10(18)15-13(16)7-12(8-14(15)17)19-9-11-5-3-2-4-6-11/h2-8H,9H2,1H3. The molecule has 0 aliphatic rings. The minimum atomic E-state index is -0.664. The first kappa shape index (κ1) is 13.6. The van der Waals surface area contributed by atoms with E-state index in [1.807, 2.05) is 30.3 Å². The molecule has 0 aliphatic heterocycles. The summed E-state index contributed by atoms with van der Waals surface area (Å²) in [6.45, 7) is 1.59. The molecule has 0 saturated carbocycles. The lowest BCUT2D eigenvalue weighted by molar-refractivity contribution is 0.101. The minimum Gasteiger partial charge on any atom is -0.489 e. The van der Waals surface area contributed by atoms with Crippen LogP contribution in [-0.2, 0) is 6.61 Å². The molecule has 2 aromatic rings. The second-order valence-electron chi connectivity index (χ2n) is 4.09. The van der Waals surface area contributed by atoms with Crippen LogP contribution in [-0.4, -0.2) is 5.78 Å². The summed E-state index contributed by atoms with van der Waals surface area (Å²) in [4.78, 5) is 11.2. The van der Waals surface area contributed by atoms with Crippen molar-refractivity contribution >= 4 is 17.4 Å². The average Bonchev–Trinajstić information content (AvgIpc) is 2.36. The maximum Gasteiger partial charge on any atom is 0.164 e. The van der Waals surface area contributed by atoms with Gasteiger partial charge in [0.15, 0.2) is 5.78 Å². The predicted molar refractivity (Wildman–Crippen MR) is 72.2 cm³/mol. The molecule has 0 radical (unpaired) electrons. The first-order valence-electron chi connectivity index (χ1n) is 5.74. The fourth-order valence-corrected chi connectivity index (χ4v) is 2.04. The van der Waals surface area contributed by atoms with E-state index in [4.69, 9.17) is 16.3 Å². The SMILES string of the molecule is CC(=O)c1c(F)cc(OCc2ccccc2)cc1Cl.